The van der Waals surface area contributed by atoms with E-state index < -0.39 is 5.60 Å². The van der Waals surface area contributed by atoms with Gasteiger partial charge in [-0.1, -0.05) is 61.5 Å². The Kier molecular flexibility index (Phi) is 5.22. The molecule has 4 aromatic rings. The van der Waals surface area contributed by atoms with Gasteiger partial charge in [-0.3, -0.25) is 4.79 Å². The lowest BCUT2D eigenvalue weighted by molar-refractivity contribution is 0.0784. The minimum atomic E-state index is -0.933. The van der Waals surface area contributed by atoms with Crippen molar-refractivity contribution in [2.24, 2.45) is 0 Å². The normalized spacial score (nSPS) is 11.7. The van der Waals surface area contributed by atoms with Crippen LogP contribution in [0.4, 0.5) is 0 Å². The van der Waals surface area contributed by atoms with E-state index >= 15 is 0 Å². The van der Waals surface area contributed by atoms with Gasteiger partial charge in [0.05, 0.1) is 29.1 Å². The maximum Gasteiger partial charge on any atom is 0.168 e. The quantitative estimate of drug-likeness (QED) is 0.481. The van der Waals surface area contributed by atoms with E-state index in [9.17, 15) is 9.90 Å². The molecule has 0 atom stereocenters. The molecule has 2 heterocycles. The molecular formula is C25H25N3O2. The number of Topliss-reactive ketones (excluding diaryl/α,β-unsaturated/α-hetero) is 1. The fourth-order valence-corrected chi connectivity index (χ4v) is 3.48. The zero-order chi connectivity index (χ0) is 21.3. The number of rotatable bonds is 6. The smallest absolute Gasteiger partial charge is 0.168 e. The Hall–Kier alpha value is -3.31. The molecule has 5 heteroatoms. The van der Waals surface area contributed by atoms with Gasteiger partial charge in [0.1, 0.15) is 0 Å². The van der Waals surface area contributed by atoms with Gasteiger partial charge in [-0.25, -0.2) is 9.50 Å². The first-order valence-corrected chi connectivity index (χ1v) is 10.2. The second-order valence-corrected chi connectivity index (χ2v) is 7.99. The Bertz CT molecular complexity index is 1190. The highest BCUT2D eigenvalue weighted by Crippen LogP contribution is 2.23. The Morgan fingerprint density at radius 3 is 2.33 bits per heavy atom. The van der Waals surface area contributed by atoms with Crippen LogP contribution in [0.25, 0.3) is 16.9 Å². The second-order valence-electron chi connectivity index (χ2n) is 7.99. The summed E-state index contributed by atoms with van der Waals surface area (Å²) in [7, 11) is 0. The highest BCUT2D eigenvalue weighted by atomic mass is 16.3. The Labute approximate surface area is 176 Å². The molecule has 4 rings (SSSR count). The molecule has 30 heavy (non-hydrogen) atoms. The van der Waals surface area contributed by atoms with Crippen molar-refractivity contribution in [3.8, 4) is 11.3 Å². The van der Waals surface area contributed by atoms with Crippen LogP contribution in [0.1, 0.15) is 48.1 Å². The highest BCUT2D eigenvalue weighted by Gasteiger charge is 2.17. The SMILES string of the molecule is CCc1cc2nc(CC(=O)c3ccc(C(C)(C)O)cc3)cc(-c3ccccc3)n2n1. The van der Waals surface area contributed by atoms with E-state index in [-0.39, 0.29) is 12.2 Å². The van der Waals surface area contributed by atoms with Crippen LogP contribution < -0.4 is 0 Å². The first kappa shape index (κ1) is 20.0. The average molecular weight is 399 g/mol. The van der Waals surface area contributed by atoms with Gasteiger partial charge in [0.2, 0.25) is 0 Å². The number of aryl methyl sites for hydroxylation is 1. The van der Waals surface area contributed by atoms with Crippen molar-refractivity contribution < 1.29 is 9.90 Å². The Morgan fingerprint density at radius 1 is 1.00 bits per heavy atom. The molecule has 5 nitrogen and oxygen atoms in total. The molecule has 1 N–H and O–H groups in total. The maximum atomic E-state index is 12.9. The third-order valence-corrected chi connectivity index (χ3v) is 5.22. The van der Waals surface area contributed by atoms with Crippen LogP contribution in [0, 0.1) is 0 Å². The van der Waals surface area contributed by atoms with Crippen molar-refractivity contribution in [1.82, 2.24) is 14.6 Å². The zero-order valence-electron chi connectivity index (χ0n) is 17.5. The van der Waals surface area contributed by atoms with Gasteiger partial charge in [-0.2, -0.15) is 5.10 Å². The van der Waals surface area contributed by atoms with Crippen molar-refractivity contribution in [1.29, 1.82) is 0 Å². The number of nitrogens with zero attached hydrogens (tertiary/aromatic N) is 3. The van der Waals surface area contributed by atoms with Crippen LogP contribution in [-0.2, 0) is 18.4 Å². The minimum Gasteiger partial charge on any atom is -0.386 e. The molecule has 0 radical (unpaired) electrons. The van der Waals surface area contributed by atoms with Gasteiger partial charge in [0, 0.05) is 17.2 Å². The largest absolute Gasteiger partial charge is 0.386 e. The number of carbonyl (C=O) groups excluding carboxylic acids is 1. The average Bonchev–Trinajstić information content (AvgIpc) is 3.16. The number of aromatic nitrogens is 3. The van der Waals surface area contributed by atoms with Gasteiger partial charge >= 0.3 is 0 Å². The summed E-state index contributed by atoms with van der Waals surface area (Å²) in [5.74, 6) is -0.0108. The number of fused-ring (bicyclic) bond motifs is 1. The van der Waals surface area contributed by atoms with Crippen LogP contribution in [-0.4, -0.2) is 25.5 Å². The summed E-state index contributed by atoms with van der Waals surface area (Å²) in [4.78, 5) is 17.6. The van der Waals surface area contributed by atoms with E-state index in [2.05, 4.69) is 12.0 Å². The zero-order valence-corrected chi connectivity index (χ0v) is 17.5. The summed E-state index contributed by atoms with van der Waals surface area (Å²) >= 11 is 0. The number of hydrogen-bond donors (Lipinski definition) is 1. The predicted octanol–water partition coefficient (Wildman–Crippen LogP) is 4.61. The second kappa shape index (κ2) is 7.84. The summed E-state index contributed by atoms with van der Waals surface area (Å²) in [6, 6.07) is 21.0. The summed E-state index contributed by atoms with van der Waals surface area (Å²) in [6.07, 6.45) is 1.02. The molecule has 0 fully saturated rings. The first-order chi connectivity index (χ1) is 14.3. The van der Waals surface area contributed by atoms with E-state index in [1.807, 2.05) is 47.0 Å². The van der Waals surface area contributed by atoms with E-state index in [1.54, 1.807) is 38.1 Å². The molecule has 0 aliphatic carbocycles. The van der Waals surface area contributed by atoms with Gasteiger partial charge in [-0.05, 0) is 31.9 Å². The number of benzene rings is 2. The van der Waals surface area contributed by atoms with Gasteiger partial charge < -0.3 is 5.11 Å². The molecule has 0 saturated heterocycles. The van der Waals surface area contributed by atoms with Crippen LogP contribution in [0.2, 0.25) is 0 Å². The van der Waals surface area contributed by atoms with E-state index in [0.29, 0.717) is 11.3 Å². The predicted molar refractivity (Wildman–Crippen MR) is 118 cm³/mol. The summed E-state index contributed by atoms with van der Waals surface area (Å²) < 4.78 is 1.85. The van der Waals surface area contributed by atoms with Crippen LogP contribution >= 0.6 is 0 Å². The third kappa shape index (κ3) is 4.02. The van der Waals surface area contributed by atoms with Crippen molar-refractivity contribution in [3.63, 3.8) is 0 Å². The van der Waals surface area contributed by atoms with Crippen molar-refractivity contribution in [2.75, 3.05) is 0 Å². The van der Waals surface area contributed by atoms with E-state index in [0.717, 1.165) is 34.6 Å². The molecule has 0 aliphatic rings. The molecule has 0 spiro atoms. The molecule has 0 unspecified atom stereocenters. The summed E-state index contributed by atoms with van der Waals surface area (Å²) in [5, 5.41) is 14.8. The molecule has 152 valence electrons. The van der Waals surface area contributed by atoms with Gasteiger partial charge in [-0.15, -0.1) is 0 Å². The molecule has 0 bridgehead atoms. The number of carbonyl (C=O) groups is 1. The summed E-state index contributed by atoms with van der Waals surface area (Å²) in [6.45, 7) is 5.51. The van der Waals surface area contributed by atoms with Crippen molar-refractivity contribution in [2.45, 2.75) is 39.2 Å². The Balaban J connectivity index is 1.70. The third-order valence-electron chi connectivity index (χ3n) is 5.22. The van der Waals surface area contributed by atoms with Crippen LogP contribution in [0.5, 0.6) is 0 Å². The Morgan fingerprint density at radius 2 is 1.70 bits per heavy atom. The fourth-order valence-electron chi connectivity index (χ4n) is 3.48. The van der Waals surface area contributed by atoms with Gasteiger partial charge in [0.15, 0.2) is 11.4 Å². The summed E-state index contributed by atoms with van der Waals surface area (Å²) in [5.41, 5.74) is 4.81. The standard InChI is InChI=1S/C25H25N3O2/c1-4-20-16-24-26-21(14-22(28(24)27-20)17-8-6-5-7-9-17)15-23(29)18-10-12-19(13-11-18)25(2,3)30/h5-14,16,30H,4,15H2,1-3H3. The lowest BCUT2D eigenvalue weighted by Crippen LogP contribution is -2.15. The lowest BCUT2D eigenvalue weighted by Gasteiger charge is -2.17. The van der Waals surface area contributed by atoms with E-state index in [1.165, 1.54) is 0 Å². The molecular weight excluding hydrogens is 374 g/mol. The molecule has 0 amide bonds. The van der Waals surface area contributed by atoms with Crippen molar-refractivity contribution >= 4 is 11.4 Å². The number of ketones is 1. The molecule has 2 aromatic heterocycles. The molecule has 0 saturated carbocycles. The lowest BCUT2D eigenvalue weighted by atomic mass is 9.96. The molecule has 0 aliphatic heterocycles. The highest BCUT2D eigenvalue weighted by molar-refractivity contribution is 5.97. The number of hydrogen-bond acceptors (Lipinski definition) is 4. The topological polar surface area (TPSA) is 67.5 Å². The van der Waals surface area contributed by atoms with Crippen LogP contribution in [0.3, 0.4) is 0 Å². The van der Waals surface area contributed by atoms with Crippen LogP contribution in [0.15, 0.2) is 66.7 Å². The van der Waals surface area contributed by atoms with E-state index in [4.69, 9.17) is 4.98 Å². The first-order valence-electron chi connectivity index (χ1n) is 10.2. The fraction of sp³-hybridized carbons (Fsp3) is 0.240. The van der Waals surface area contributed by atoms with Gasteiger partial charge in [0.25, 0.3) is 0 Å². The van der Waals surface area contributed by atoms with Crippen molar-refractivity contribution in [3.05, 3.63) is 89.2 Å². The molecule has 2 aromatic carbocycles. The minimum absolute atomic E-state index is 0.0108. The monoisotopic (exact) mass is 399 g/mol. The number of aliphatic hydroxyl groups is 1. The maximum absolute atomic E-state index is 12.9.